The molecule has 1 N–H and O–H groups in total. The lowest BCUT2D eigenvalue weighted by molar-refractivity contribution is 0.674. The fourth-order valence-electron chi connectivity index (χ4n) is 1.43. The molecule has 1 aromatic rings. The molecule has 2 nitrogen and oxygen atoms in total. The van der Waals surface area contributed by atoms with Crippen molar-refractivity contribution in [2.24, 2.45) is 10.9 Å². The van der Waals surface area contributed by atoms with Gasteiger partial charge in [0.1, 0.15) is 0 Å². The minimum atomic E-state index is 0.703. The lowest BCUT2D eigenvalue weighted by Gasteiger charge is -2.17. The number of nitrogens with zero attached hydrogens (tertiary/aromatic N) is 1. The Kier molecular flexibility index (Phi) is 4.18. The molecule has 86 valence electrons. The number of hydrogen-bond acceptors (Lipinski definition) is 4. The second kappa shape index (κ2) is 5.64. The minimum Gasteiger partial charge on any atom is -0.335 e. The second-order valence-corrected chi connectivity index (χ2v) is 5.80. The fourth-order valence-corrected chi connectivity index (χ4v) is 2.74. The van der Waals surface area contributed by atoms with Crippen molar-refractivity contribution in [2.75, 3.05) is 23.9 Å². The van der Waals surface area contributed by atoms with Crippen molar-refractivity contribution in [2.45, 2.75) is 11.8 Å². The highest BCUT2D eigenvalue weighted by molar-refractivity contribution is 8.14. The van der Waals surface area contributed by atoms with E-state index >= 15 is 0 Å². The van der Waals surface area contributed by atoms with Crippen molar-refractivity contribution in [3.63, 3.8) is 0 Å². The number of amidine groups is 1. The molecular formula is C12H16N2S2. The average Bonchev–Trinajstić information content (AvgIpc) is 2.33. The quantitative estimate of drug-likeness (QED) is 0.815. The molecule has 0 radical (unpaired) electrons. The molecule has 1 heterocycles. The van der Waals surface area contributed by atoms with Crippen LogP contribution in [0, 0.1) is 5.92 Å². The van der Waals surface area contributed by atoms with Gasteiger partial charge in [-0.2, -0.15) is 0 Å². The van der Waals surface area contributed by atoms with E-state index in [1.807, 2.05) is 11.8 Å². The van der Waals surface area contributed by atoms with E-state index in [1.165, 1.54) is 4.90 Å². The second-order valence-electron chi connectivity index (χ2n) is 3.92. The average molecular weight is 252 g/mol. The van der Waals surface area contributed by atoms with Crippen LogP contribution in [0.2, 0.25) is 0 Å². The predicted octanol–water partition coefficient (Wildman–Crippen LogP) is 3.56. The van der Waals surface area contributed by atoms with Gasteiger partial charge in [0, 0.05) is 22.9 Å². The topological polar surface area (TPSA) is 24.4 Å². The third-order valence-electron chi connectivity index (χ3n) is 2.39. The Hall–Kier alpha value is -0.610. The van der Waals surface area contributed by atoms with Crippen LogP contribution in [0.15, 0.2) is 34.2 Å². The van der Waals surface area contributed by atoms with Gasteiger partial charge in [0.25, 0.3) is 0 Å². The largest absolute Gasteiger partial charge is 0.335 e. The number of hydrogen-bond donors (Lipinski definition) is 1. The number of benzene rings is 1. The van der Waals surface area contributed by atoms with Crippen LogP contribution in [-0.4, -0.2) is 23.7 Å². The molecule has 0 bridgehead atoms. The SMILES string of the molecule is CSc1ccc(NC2=NCC(C)CS2)cc1. The highest BCUT2D eigenvalue weighted by Gasteiger charge is 2.11. The molecule has 1 aromatic carbocycles. The van der Waals surface area contributed by atoms with Gasteiger partial charge in [0.15, 0.2) is 5.17 Å². The molecule has 2 rings (SSSR count). The van der Waals surface area contributed by atoms with E-state index in [0.29, 0.717) is 5.92 Å². The standard InChI is InChI=1S/C12H16N2S2/c1-9-7-13-12(16-8-9)14-10-3-5-11(15-2)6-4-10/h3-6,9H,7-8H2,1-2H3,(H,13,14). The molecule has 1 atom stereocenters. The molecule has 0 aromatic heterocycles. The van der Waals surface area contributed by atoms with E-state index in [2.05, 4.69) is 47.8 Å². The molecule has 0 fully saturated rings. The number of aliphatic imine (C=N–C) groups is 1. The molecule has 1 aliphatic heterocycles. The first-order valence-electron chi connectivity index (χ1n) is 5.36. The Bertz CT molecular complexity index is 373. The van der Waals surface area contributed by atoms with Gasteiger partial charge < -0.3 is 5.32 Å². The molecule has 0 aliphatic carbocycles. The van der Waals surface area contributed by atoms with Gasteiger partial charge in [0.05, 0.1) is 0 Å². The van der Waals surface area contributed by atoms with Crippen molar-refractivity contribution in [3.05, 3.63) is 24.3 Å². The van der Waals surface area contributed by atoms with Gasteiger partial charge in [0.2, 0.25) is 0 Å². The smallest absolute Gasteiger partial charge is 0.161 e. The van der Waals surface area contributed by atoms with Crippen LogP contribution in [0.25, 0.3) is 0 Å². The summed E-state index contributed by atoms with van der Waals surface area (Å²) in [6.07, 6.45) is 2.09. The van der Waals surface area contributed by atoms with Crippen LogP contribution in [0.1, 0.15) is 6.92 Å². The third-order valence-corrected chi connectivity index (χ3v) is 4.38. The zero-order valence-electron chi connectivity index (χ0n) is 9.56. The maximum absolute atomic E-state index is 4.51. The van der Waals surface area contributed by atoms with E-state index in [4.69, 9.17) is 0 Å². The summed E-state index contributed by atoms with van der Waals surface area (Å²) < 4.78 is 0. The Labute approximate surface area is 105 Å². The number of nitrogens with one attached hydrogen (secondary N) is 1. The highest BCUT2D eigenvalue weighted by atomic mass is 32.2. The number of thioether (sulfide) groups is 2. The van der Waals surface area contributed by atoms with Crippen LogP contribution in [0.3, 0.4) is 0 Å². The third kappa shape index (κ3) is 3.19. The van der Waals surface area contributed by atoms with E-state index in [1.54, 1.807) is 11.8 Å². The fraction of sp³-hybridized carbons (Fsp3) is 0.417. The molecule has 0 saturated carbocycles. The number of anilines is 1. The summed E-state index contributed by atoms with van der Waals surface area (Å²) in [4.78, 5) is 5.80. The Morgan fingerprint density at radius 2 is 2.12 bits per heavy atom. The minimum absolute atomic E-state index is 0.703. The molecule has 1 unspecified atom stereocenters. The van der Waals surface area contributed by atoms with Gasteiger partial charge in [-0.1, -0.05) is 18.7 Å². The zero-order chi connectivity index (χ0) is 11.4. The molecule has 1 aliphatic rings. The number of rotatable bonds is 2. The normalized spacial score (nSPS) is 20.4. The van der Waals surface area contributed by atoms with Crippen LogP contribution in [-0.2, 0) is 0 Å². The monoisotopic (exact) mass is 252 g/mol. The van der Waals surface area contributed by atoms with Gasteiger partial charge in [-0.15, -0.1) is 11.8 Å². The maximum atomic E-state index is 4.51. The van der Waals surface area contributed by atoms with E-state index in [-0.39, 0.29) is 0 Å². The molecule has 4 heteroatoms. The summed E-state index contributed by atoms with van der Waals surface area (Å²) in [5.41, 5.74) is 1.12. The summed E-state index contributed by atoms with van der Waals surface area (Å²) in [7, 11) is 0. The molecule has 16 heavy (non-hydrogen) atoms. The Morgan fingerprint density at radius 3 is 2.69 bits per heavy atom. The van der Waals surface area contributed by atoms with Gasteiger partial charge in [-0.25, -0.2) is 0 Å². The summed E-state index contributed by atoms with van der Waals surface area (Å²) in [6.45, 7) is 3.18. The lowest BCUT2D eigenvalue weighted by atomic mass is 10.2. The zero-order valence-corrected chi connectivity index (χ0v) is 11.2. The van der Waals surface area contributed by atoms with Crippen LogP contribution in [0.4, 0.5) is 5.69 Å². The van der Waals surface area contributed by atoms with Crippen molar-refractivity contribution in [1.82, 2.24) is 0 Å². The van der Waals surface area contributed by atoms with E-state index in [0.717, 1.165) is 23.2 Å². The van der Waals surface area contributed by atoms with Crippen molar-refractivity contribution in [3.8, 4) is 0 Å². The van der Waals surface area contributed by atoms with E-state index in [9.17, 15) is 0 Å². The van der Waals surface area contributed by atoms with Gasteiger partial charge >= 0.3 is 0 Å². The van der Waals surface area contributed by atoms with Crippen LogP contribution >= 0.6 is 23.5 Å². The maximum Gasteiger partial charge on any atom is 0.161 e. The molecule has 0 saturated heterocycles. The predicted molar refractivity (Wildman–Crippen MR) is 75.8 cm³/mol. The lowest BCUT2D eigenvalue weighted by Crippen LogP contribution is -2.18. The first-order valence-corrected chi connectivity index (χ1v) is 7.57. The van der Waals surface area contributed by atoms with Gasteiger partial charge in [-0.05, 0) is 36.4 Å². The van der Waals surface area contributed by atoms with Crippen LogP contribution < -0.4 is 5.32 Å². The molecule has 0 spiro atoms. The first kappa shape index (κ1) is 11.9. The van der Waals surface area contributed by atoms with Crippen LogP contribution in [0.5, 0.6) is 0 Å². The summed E-state index contributed by atoms with van der Waals surface area (Å²) in [5, 5.41) is 4.41. The molecular weight excluding hydrogens is 236 g/mol. The summed E-state index contributed by atoms with van der Waals surface area (Å²) in [5.74, 6) is 1.86. The molecule has 0 amide bonds. The highest BCUT2D eigenvalue weighted by Crippen LogP contribution is 2.21. The Morgan fingerprint density at radius 1 is 1.38 bits per heavy atom. The summed E-state index contributed by atoms with van der Waals surface area (Å²) in [6, 6.07) is 8.47. The van der Waals surface area contributed by atoms with Crippen molar-refractivity contribution in [1.29, 1.82) is 0 Å². The summed E-state index contributed by atoms with van der Waals surface area (Å²) >= 11 is 3.57. The van der Waals surface area contributed by atoms with Crippen molar-refractivity contribution < 1.29 is 0 Å². The Balaban J connectivity index is 1.98. The van der Waals surface area contributed by atoms with Crippen molar-refractivity contribution >= 4 is 34.4 Å². The first-order chi connectivity index (χ1) is 7.78. The van der Waals surface area contributed by atoms with Gasteiger partial charge in [-0.3, -0.25) is 4.99 Å². The van der Waals surface area contributed by atoms with E-state index < -0.39 is 0 Å².